The van der Waals surface area contributed by atoms with Gasteiger partial charge in [-0.25, -0.2) is 4.98 Å². The molecule has 1 atom stereocenters. The summed E-state index contributed by atoms with van der Waals surface area (Å²) in [6, 6.07) is 2.07. The molecule has 8 heteroatoms. The molecule has 0 spiro atoms. The highest BCUT2D eigenvalue weighted by atomic mass is 19.4. The number of pyridine rings is 1. The predicted molar refractivity (Wildman–Crippen MR) is 60.8 cm³/mol. The van der Waals surface area contributed by atoms with Crippen molar-refractivity contribution in [1.29, 1.82) is 0 Å². The summed E-state index contributed by atoms with van der Waals surface area (Å²) in [6.45, 7) is 0.140. The Labute approximate surface area is 107 Å². The quantitative estimate of drug-likeness (QED) is 0.832. The van der Waals surface area contributed by atoms with Crippen LogP contribution in [0.15, 0.2) is 18.3 Å². The Morgan fingerprint density at radius 1 is 1.53 bits per heavy atom. The van der Waals surface area contributed by atoms with Crippen LogP contribution in [0.5, 0.6) is 0 Å². The number of carboxylic acid groups (broad SMARTS) is 1. The summed E-state index contributed by atoms with van der Waals surface area (Å²) < 4.78 is 41.8. The number of ether oxygens (including phenoxy) is 1. The molecule has 1 aromatic heterocycles. The van der Waals surface area contributed by atoms with Crippen LogP contribution in [0.3, 0.4) is 0 Å². The number of anilines is 1. The summed E-state index contributed by atoms with van der Waals surface area (Å²) in [6.07, 6.45) is -4.50. The third kappa shape index (κ3) is 5.12. The number of carbonyl (C=O) groups is 1. The molecule has 0 saturated carbocycles. The molecule has 106 valence electrons. The largest absolute Gasteiger partial charge is 0.481 e. The minimum absolute atomic E-state index is 0.140. The van der Waals surface area contributed by atoms with E-state index in [9.17, 15) is 18.0 Å². The molecule has 0 radical (unpaired) electrons. The van der Waals surface area contributed by atoms with Crippen LogP contribution in [0.25, 0.3) is 0 Å². The van der Waals surface area contributed by atoms with Gasteiger partial charge in [0, 0.05) is 19.9 Å². The van der Waals surface area contributed by atoms with E-state index < -0.39 is 23.8 Å². The third-order valence-electron chi connectivity index (χ3n) is 2.34. The monoisotopic (exact) mass is 278 g/mol. The van der Waals surface area contributed by atoms with E-state index in [1.165, 1.54) is 13.2 Å². The van der Waals surface area contributed by atoms with Gasteiger partial charge in [0.2, 0.25) is 0 Å². The van der Waals surface area contributed by atoms with Crippen molar-refractivity contribution in [1.82, 2.24) is 4.98 Å². The lowest BCUT2D eigenvalue weighted by Crippen LogP contribution is -2.25. The molecular weight excluding hydrogens is 265 g/mol. The number of nitrogens with zero attached hydrogens (tertiary/aromatic N) is 1. The molecule has 0 saturated heterocycles. The van der Waals surface area contributed by atoms with Crippen LogP contribution in [0.4, 0.5) is 19.0 Å². The van der Waals surface area contributed by atoms with E-state index in [4.69, 9.17) is 9.84 Å². The zero-order chi connectivity index (χ0) is 14.5. The Balaban J connectivity index is 2.56. The number of alkyl halides is 3. The second-order valence-electron chi connectivity index (χ2n) is 3.77. The topological polar surface area (TPSA) is 71.5 Å². The van der Waals surface area contributed by atoms with Crippen LogP contribution < -0.4 is 5.32 Å². The highest BCUT2D eigenvalue weighted by Crippen LogP contribution is 2.28. The molecule has 0 bridgehead atoms. The van der Waals surface area contributed by atoms with Gasteiger partial charge in [0.25, 0.3) is 0 Å². The van der Waals surface area contributed by atoms with Crippen molar-refractivity contribution in [2.75, 3.05) is 19.0 Å². The van der Waals surface area contributed by atoms with E-state index in [2.05, 4.69) is 10.3 Å². The molecule has 2 N–H and O–H groups in total. The maximum atomic E-state index is 12.3. The number of rotatable bonds is 6. The van der Waals surface area contributed by atoms with Gasteiger partial charge >= 0.3 is 12.1 Å². The number of hydrogen-bond donors (Lipinski definition) is 2. The average molecular weight is 278 g/mol. The van der Waals surface area contributed by atoms with Crippen LogP contribution in [0.1, 0.15) is 12.0 Å². The van der Waals surface area contributed by atoms with Crippen LogP contribution in [0.2, 0.25) is 0 Å². The molecule has 0 aliphatic heterocycles. The van der Waals surface area contributed by atoms with Crippen molar-refractivity contribution < 1.29 is 27.8 Å². The smallest absolute Gasteiger partial charge is 0.417 e. The van der Waals surface area contributed by atoms with Crippen LogP contribution in [0, 0.1) is 0 Å². The second kappa shape index (κ2) is 6.37. The lowest BCUT2D eigenvalue weighted by atomic mass is 10.2. The van der Waals surface area contributed by atoms with Crippen molar-refractivity contribution in [3.8, 4) is 0 Å². The molecule has 0 aromatic carbocycles. The number of aromatic nitrogens is 1. The summed E-state index contributed by atoms with van der Waals surface area (Å²) in [5.74, 6) is -0.797. The first kappa shape index (κ1) is 15.2. The molecule has 0 aliphatic rings. The van der Waals surface area contributed by atoms with Gasteiger partial charge in [-0.2, -0.15) is 13.2 Å². The molecular formula is C11H13F3N2O3. The van der Waals surface area contributed by atoms with Crippen LogP contribution in [-0.4, -0.2) is 35.8 Å². The first-order valence-electron chi connectivity index (χ1n) is 5.34. The SMILES string of the molecule is COC(CNc1ccc(C(F)(F)F)cn1)CC(=O)O. The molecule has 1 unspecified atom stereocenters. The number of nitrogens with one attached hydrogen (secondary N) is 1. The van der Waals surface area contributed by atoms with Crippen LogP contribution >= 0.6 is 0 Å². The number of hydrogen-bond acceptors (Lipinski definition) is 4. The standard InChI is InChI=1S/C11H13F3N2O3/c1-19-8(4-10(17)18)6-16-9-3-2-7(5-15-9)11(12,13)14/h2-3,5,8H,4,6H2,1H3,(H,15,16)(H,17,18). The lowest BCUT2D eigenvalue weighted by molar-refractivity contribution is -0.139. The first-order valence-corrected chi connectivity index (χ1v) is 5.34. The van der Waals surface area contributed by atoms with Gasteiger partial charge in [-0.3, -0.25) is 4.79 Å². The van der Waals surface area contributed by atoms with Gasteiger partial charge in [0.15, 0.2) is 0 Å². The molecule has 0 aliphatic carbocycles. The van der Waals surface area contributed by atoms with Gasteiger partial charge in [-0.1, -0.05) is 0 Å². The number of carboxylic acids is 1. The van der Waals surface area contributed by atoms with Crippen molar-refractivity contribution in [3.63, 3.8) is 0 Å². The van der Waals surface area contributed by atoms with E-state index >= 15 is 0 Å². The van der Waals surface area contributed by atoms with Crippen molar-refractivity contribution in [3.05, 3.63) is 23.9 Å². The van der Waals surface area contributed by atoms with E-state index in [1.807, 2.05) is 0 Å². The Bertz CT molecular complexity index is 420. The minimum atomic E-state index is -4.43. The Hall–Kier alpha value is -1.83. The highest BCUT2D eigenvalue weighted by molar-refractivity contribution is 5.67. The molecule has 1 rings (SSSR count). The minimum Gasteiger partial charge on any atom is -0.481 e. The van der Waals surface area contributed by atoms with E-state index in [0.29, 0.717) is 6.20 Å². The maximum Gasteiger partial charge on any atom is 0.417 e. The predicted octanol–water partition coefficient (Wildman–Crippen LogP) is 2.00. The van der Waals surface area contributed by atoms with Gasteiger partial charge in [0.1, 0.15) is 5.82 Å². The second-order valence-corrected chi connectivity index (χ2v) is 3.77. The molecule has 1 aromatic rings. The maximum absolute atomic E-state index is 12.3. The van der Waals surface area contributed by atoms with E-state index in [1.54, 1.807) is 0 Å². The van der Waals surface area contributed by atoms with Crippen molar-refractivity contribution in [2.45, 2.75) is 18.7 Å². The zero-order valence-corrected chi connectivity index (χ0v) is 10.1. The van der Waals surface area contributed by atoms with Gasteiger partial charge in [-0.05, 0) is 12.1 Å². The van der Waals surface area contributed by atoms with E-state index in [-0.39, 0.29) is 18.8 Å². The molecule has 19 heavy (non-hydrogen) atoms. The molecule has 1 heterocycles. The Morgan fingerprint density at radius 3 is 2.63 bits per heavy atom. The highest BCUT2D eigenvalue weighted by Gasteiger charge is 2.30. The van der Waals surface area contributed by atoms with Gasteiger partial charge in [0.05, 0.1) is 18.1 Å². The first-order chi connectivity index (χ1) is 8.82. The fourth-order valence-electron chi connectivity index (χ4n) is 1.32. The van der Waals surface area contributed by atoms with Crippen LogP contribution in [-0.2, 0) is 15.7 Å². The summed E-state index contributed by atoms with van der Waals surface area (Å²) >= 11 is 0. The van der Waals surface area contributed by atoms with Gasteiger partial charge in [-0.15, -0.1) is 0 Å². The average Bonchev–Trinajstić information content (AvgIpc) is 2.33. The van der Waals surface area contributed by atoms with Crippen molar-refractivity contribution in [2.24, 2.45) is 0 Å². The fraction of sp³-hybridized carbons (Fsp3) is 0.455. The number of aliphatic carboxylic acids is 1. The van der Waals surface area contributed by atoms with E-state index in [0.717, 1.165) is 6.07 Å². The molecule has 5 nitrogen and oxygen atoms in total. The van der Waals surface area contributed by atoms with Crippen molar-refractivity contribution >= 4 is 11.8 Å². The van der Waals surface area contributed by atoms with Gasteiger partial charge < -0.3 is 15.2 Å². The third-order valence-corrected chi connectivity index (χ3v) is 2.34. The number of methoxy groups -OCH3 is 1. The normalized spacial score (nSPS) is 13.1. The Kier molecular flexibility index (Phi) is 5.11. The zero-order valence-electron chi connectivity index (χ0n) is 10.1. The summed E-state index contributed by atoms with van der Waals surface area (Å²) in [4.78, 5) is 14.1. The Morgan fingerprint density at radius 2 is 2.21 bits per heavy atom. The summed E-state index contributed by atoms with van der Waals surface area (Å²) in [7, 11) is 1.36. The lowest BCUT2D eigenvalue weighted by Gasteiger charge is -2.14. The molecule has 0 fully saturated rings. The fourth-order valence-corrected chi connectivity index (χ4v) is 1.32. The summed E-state index contributed by atoms with van der Waals surface area (Å²) in [5.41, 5.74) is -0.841. The number of halogens is 3. The summed E-state index contributed by atoms with van der Waals surface area (Å²) in [5, 5.41) is 11.3. The molecule has 0 amide bonds.